The highest BCUT2D eigenvalue weighted by Crippen LogP contribution is 2.13. The summed E-state index contributed by atoms with van der Waals surface area (Å²) >= 11 is 0. The van der Waals surface area contributed by atoms with Crippen LogP contribution in [0.1, 0.15) is 39.4 Å². The molecule has 1 aromatic heterocycles. The fourth-order valence-electron chi connectivity index (χ4n) is 2.89. The number of aliphatic imine (C=N–C) groups is 1. The molecule has 0 aliphatic heterocycles. The highest BCUT2D eigenvalue weighted by molar-refractivity contribution is 5.94. The Hall–Kier alpha value is -2.83. The van der Waals surface area contributed by atoms with E-state index in [0.29, 0.717) is 5.56 Å². The van der Waals surface area contributed by atoms with Crippen LogP contribution in [0.25, 0.3) is 0 Å². The van der Waals surface area contributed by atoms with Gasteiger partial charge >= 0.3 is 0 Å². The molecule has 1 amide bonds. The first kappa shape index (κ1) is 20.5. The van der Waals surface area contributed by atoms with Crippen LogP contribution in [0.2, 0.25) is 0 Å². The summed E-state index contributed by atoms with van der Waals surface area (Å²) in [6.07, 6.45) is 2.71. The second-order valence-corrected chi connectivity index (χ2v) is 6.36. The summed E-state index contributed by atoms with van der Waals surface area (Å²) in [4.78, 5) is 15.9. The first-order valence-corrected chi connectivity index (χ1v) is 9.22. The Balaban J connectivity index is 1.72. The standard InChI is InChI=1S/C20H29N5O2/c1-14-18(15(2)27-25-14)9-6-11-23-20(22-4)24-12-10-16-7-5-8-17(13-16)19(26)21-3/h5,7-8,13H,6,9-12H2,1-4H3,(H,21,26)(H2,22,23,24). The fourth-order valence-corrected chi connectivity index (χ4v) is 2.89. The average molecular weight is 371 g/mol. The van der Waals surface area contributed by atoms with Crippen LogP contribution < -0.4 is 16.0 Å². The van der Waals surface area contributed by atoms with Crippen molar-refractivity contribution in [2.45, 2.75) is 33.1 Å². The molecule has 0 bridgehead atoms. The normalized spacial score (nSPS) is 11.3. The van der Waals surface area contributed by atoms with Crippen molar-refractivity contribution in [2.75, 3.05) is 27.2 Å². The van der Waals surface area contributed by atoms with E-state index in [1.807, 2.05) is 38.1 Å². The first-order chi connectivity index (χ1) is 13.0. The minimum Gasteiger partial charge on any atom is -0.361 e. The summed E-state index contributed by atoms with van der Waals surface area (Å²) in [5.41, 5.74) is 3.94. The number of benzene rings is 1. The molecule has 7 heteroatoms. The number of aryl methyl sites for hydroxylation is 2. The van der Waals surface area contributed by atoms with Crippen LogP contribution in [-0.4, -0.2) is 44.2 Å². The molecule has 0 atom stereocenters. The van der Waals surface area contributed by atoms with Crippen LogP contribution >= 0.6 is 0 Å². The quantitative estimate of drug-likeness (QED) is 0.375. The predicted octanol–water partition coefficient (Wildman–Crippen LogP) is 1.99. The van der Waals surface area contributed by atoms with Crippen LogP contribution in [-0.2, 0) is 12.8 Å². The van der Waals surface area contributed by atoms with E-state index in [1.165, 1.54) is 5.56 Å². The number of nitrogens with one attached hydrogen (secondary N) is 3. The lowest BCUT2D eigenvalue weighted by atomic mass is 10.1. The number of guanidine groups is 1. The van der Waals surface area contributed by atoms with Gasteiger partial charge in [-0.15, -0.1) is 0 Å². The Labute approximate surface area is 160 Å². The topological polar surface area (TPSA) is 91.6 Å². The van der Waals surface area contributed by atoms with Gasteiger partial charge in [0.05, 0.1) is 5.69 Å². The Morgan fingerprint density at radius 3 is 2.63 bits per heavy atom. The van der Waals surface area contributed by atoms with E-state index in [1.54, 1.807) is 14.1 Å². The zero-order valence-corrected chi connectivity index (χ0v) is 16.6. The minimum absolute atomic E-state index is 0.0689. The molecule has 1 aromatic carbocycles. The minimum atomic E-state index is -0.0689. The first-order valence-electron chi connectivity index (χ1n) is 9.22. The van der Waals surface area contributed by atoms with Gasteiger partial charge in [0.1, 0.15) is 5.76 Å². The number of hydrogen-bond donors (Lipinski definition) is 3. The van der Waals surface area contributed by atoms with Crippen molar-refractivity contribution in [3.63, 3.8) is 0 Å². The maximum absolute atomic E-state index is 11.7. The van der Waals surface area contributed by atoms with E-state index in [0.717, 1.165) is 55.3 Å². The molecule has 3 N–H and O–H groups in total. The Bertz CT molecular complexity index is 763. The summed E-state index contributed by atoms with van der Waals surface area (Å²) in [7, 11) is 3.40. The third-order valence-corrected chi connectivity index (χ3v) is 4.42. The molecule has 0 aliphatic carbocycles. The number of aromatic nitrogens is 1. The predicted molar refractivity (Wildman–Crippen MR) is 107 cm³/mol. The summed E-state index contributed by atoms with van der Waals surface area (Å²) < 4.78 is 5.19. The average Bonchev–Trinajstić information content (AvgIpc) is 3.01. The molecule has 27 heavy (non-hydrogen) atoms. The van der Waals surface area contributed by atoms with Crippen LogP contribution in [0.5, 0.6) is 0 Å². The summed E-state index contributed by atoms with van der Waals surface area (Å²) in [5.74, 6) is 1.60. The molecule has 0 unspecified atom stereocenters. The molecule has 7 nitrogen and oxygen atoms in total. The third kappa shape index (κ3) is 6.13. The third-order valence-electron chi connectivity index (χ3n) is 4.42. The molecular weight excluding hydrogens is 342 g/mol. The Kier molecular flexibility index (Phi) is 7.85. The van der Waals surface area contributed by atoms with Gasteiger partial charge in [0.2, 0.25) is 0 Å². The maximum Gasteiger partial charge on any atom is 0.251 e. The number of nitrogens with zero attached hydrogens (tertiary/aromatic N) is 2. The highest BCUT2D eigenvalue weighted by atomic mass is 16.5. The number of carbonyl (C=O) groups is 1. The number of hydrogen-bond acceptors (Lipinski definition) is 4. The molecule has 0 spiro atoms. The van der Waals surface area contributed by atoms with Crippen molar-refractivity contribution in [1.82, 2.24) is 21.1 Å². The van der Waals surface area contributed by atoms with E-state index >= 15 is 0 Å². The zero-order valence-electron chi connectivity index (χ0n) is 16.6. The SMILES string of the molecule is CN=C(NCCCc1c(C)noc1C)NCCc1cccc(C(=O)NC)c1. The Morgan fingerprint density at radius 2 is 1.96 bits per heavy atom. The van der Waals surface area contributed by atoms with Crippen molar-refractivity contribution in [2.24, 2.45) is 4.99 Å². The lowest BCUT2D eigenvalue weighted by molar-refractivity contribution is 0.0963. The van der Waals surface area contributed by atoms with Gasteiger partial charge in [0, 0.05) is 38.3 Å². The van der Waals surface area contributed by atoms with Gasteiger partial charge in [0.25, 0.3) is 5.91 Å². The van der Waals surface area contributed by atoms with Crippen LogP contribution in [0, 0.1) is 13.8 Å². The monoisotopic (exact) mass is 371 g/mol. The molecule has 146 valence electrons. The van der Waals surface area contributed by atoms with Crippen molar-refractivity contribution in [1.29, 1.82) is 0 Å². The van der Waals surface area contributed by atoms with Crippen LogP contribution in [0.3, 0.4) is 0 Å². The molecule has 0 fully saturated rings. The van der Waals surface area contributed by atoms with Crippen LogP contribution in [0.4, 0.5) is 0 Å². The lowest BCUT2D eigenvalue weighted by Gasteiger charge is -2.12. The number of carbonyl (C=O) groups excluding carboxylic acids is 1. The van der Waals surface area contributed by atoms with Gasteiger partial charge in [-0.2, -0.15) is 0 Å². The summed E-state index contributed by atoms with van der Waals surface area (Å²) in [5, 5.41) is 13.2. The van der Waals surface area contributed by atoms with Gasteiger partial charge in [0.15, 0.2) is 5.96 Å². The molecule has 0 radical (unpaired) electrons. The molecular formula is C20H29N5O2. The maximum atomic E-state index is 11.7. The van der Waals surface area contributed by atoms with Crippen molar-refractivity contribution in [3.05, 3.63) is 52.4 Å². The van der Waals surface area contributed by atoms with Crippen molar-refractivity contribution >= 4 is 11.9 Å². The fraction of sp³-hybridized carbons (Fsp3) is 0.450. The molecule has 0 aliphatic rings. The number of amides is 1. The largest absolute Gasteiger partial charge is 0.361 e. The summed E-state index contributed by atoms with van der Waals surface area (Å²) in [6, 6.07) is 7.66. The van der Waals surface area contributed by atoms with E-state index in [9.17, 15) is 4.79 Å². The number of rotatable bonds is 8. The Morgan fingerprint density at radius 1 is 1.19 bits per heavy atom. The molecule has 2 aromatic rings. The lowest BCUT2D eigenvalue weighted by Crippen LogP contribution is -2.38. The molecule has 1 heterocycles. The smallest absolute Gasteiger partial charge is 0.251 e. The van der Waals surface area contributed by atoms with Gasteiger partial charge < -0.3 is 20.5 Å². The van der Waals surface area contributed by atoms with Crippen molar-refractivity contribution in [3.8, 4) is 0 Å². The summed E-state index contributed by atoms with van der Waals surface area (Å²) in [6.45, 7) is 5.47. The van der Waals surface area contributed by atoms with Gasteiger partial charge in [-0.1, -0.05) is 17.3 Å². The molecule has 2 rings (SSSR count). The zero-order chi connectivity index (χ0) is 19.6. The van der Waals surface area contributed by atoms with E-state index in [2.05, 4.69) is 26.1 Å². The second kappa shape index (κ2) is 10.4. The molecule has 0 saturated heterocycles. The van der Waals surface area contributed by atoms with Gasteiger partial charge in [-0.3, -0.25) is 9.79 Å². The van der Waals surface area contributed by atoms with E-state index < -0.39 is 0 Å². The van der Waals surface area contributed by atoms with Gasteiger partial charge in [-0.05, 0) is 50.8 Å². The van der Waals surface area contributed by atoms with E-state index in [-0.39, 0.29) is 5.91 Å². The highest BCUT2D eigenvalue weighted by Gasteiger charge is 2.08. The van der Waals surface area contributed by atoms with Gasteiger partial charge in [-0.25, -0.2) is 0 Å². The van der Waals surface area contributed by atoms with Crippen molar-refractivity contribution < 1.29 is 9.32 Å². The molecule has 0 saturated carbocycles. The van der Waals surface area contributed by atoms with Crippen LogP contribution in [0.15, 0.2) is 33.8 Å². The second-order valence-electron chi connectivity index (χ2n) is 6.36. The van der Waals surface area contributed by atoms with E-state index in [4.69, 9.17) is 4.52 Å².